The van der Waals surface area contributed by atoms with Gasteiger partial charge in [0.15, 0.2) is 0 Å². The largest absolute Gasteiger partial charge is 0.481 e. The van der Waals surface area contributed by atoms with Crippen LogP contribution in [0.3, 0.4) is 0 Å². The van der Waals surface area contributed by atoms with Gasteiger partial charge in [-0.25, -0.2) is 0 Å². The fourth-order valence-corrected chi connectivity index (χ4v) is 2.38. The molecule has 0 fully saturated rings. The van der Waals surface area contributed by atoms with E-state index in [9.17, 15) is 19.2 Å². The molecule has 0 saturated carbocycles. The highest BCUT2D eigenvalue weighted by atomic mass is 16.5. The summed E-state index contributed by atoms with van der Waals surface area (Å²) in [6, 6.07) is 0. The summed E-state index contributed by atoms with van der Waals surface area (Å²) >= 11 is 0. The number of aliphatic carboxylic acids is 1. The van der Waals surface area contributed by atoms with Crippen molar-refractivity contribution in [1.29, 1.82) is 0 Å². The average Bonchev–Trinajstić information content (AvgIpc) is 2.75. The minimum Gasteiger partial charge on any atom is -0.481 e. The Kier molecular flexibility index (Phi) is 20.1. The fraction of sp³-hybridized carbons (Fsp3) is 0.727. The number of carboxylic acids is 1. The number of terminal acetylenes is 1. The van der Waals surface area contributed by atoms with Crippen molar-refractivity contribution in [1.82, 2.24) is 5.32 Å². The van der Waals surface area contributed by atoms with Crippen LogP contribution in [0.25, 0.3) is 0 Å². The number of hydrogen-bond acceptors (Lipinski definition) is 8. The predicted molar refractivity (Wildman–Crippen MR) is 115 cm³/mol. The Balaban J connectivity index is 3.39. The molecule has 0 bridgehead atoms. The second-order valence-corrected chi connectivity index (χ2v) is 6.83. The molecule has 0 heterocycles. The Morgan fingerprint density at radius 1 is 0.688 bits per heavy atom. The van der Waals surface area contributed by atoms with Gasteiger partial charge in [-0.2, -0.15) is 0 Å². The zero-order valence-electron chi connectivity index (χ0n) is 18.6. The lowest BCUT2D eigenvalue weighted by atomic mass is 10.2. The van der Waals surface area contributed by atoms with Crippen LogP contribution in [0.2, 0.25) is 0 Å². The summed E-state index contributed by atoms with van der Waals surface area (Å²) in [5.74, 6) is -0.955. The maximum absolute atomic E-state index is 11.7. The second-order valence-electron chi connectivity index (χ2n) is 6.83. The van der Waals surface area contributed by atoms with Crippen molar-refractivity contribution in [3.63, 3.8) is 0 Å². The van der Waals surface area contributed by atoms with Crippen molar-refractivity contribution >= 4 is 23.4 Å². The summed E-state index contributed by atoms with van der Waals surface area (Å²) in [7, 11) is 0. The lowest BCUT2D eigenvalue weighted by molar-refractivity contribution is -0.138. The lowest BCUT2D eigenvalue weighted by Crippen LogP contribution is -2.28. The first kappa shape index (κ1) is 29.5. The van der Waals surface area contributed by atoms with Crippen molar-refractivity contribution in [2.75, 3.05) is 52.8 Å². The van der Waals surface area contributed by atoms with E-state index in [2.05, 4.69) is 10.1 Å². The van der Waals surface area contributed by atoms with Gasteiger partial charge in [0.25, 0.3) is 0 Å². The third-order valence-corrected chi connectivity index (χ3v) is 4.08. The molecule has 2 N–H and O–H groups in total. The molecule has 0 aliphatic rings. The quantitative estimate of drug-likeness (QED) is 0.171. The number of amides is 1. The molecule has 0 atom stereocenters. The van der Waals surface area contributed by atoms with Gasteiger partial charge in [-0.15, -0.1) is 0 Å². The number of nitrogens with one attached hydrogen (secondary N) is 1. The van der Waals surface area contributed by atoms with Crippen LogP contribution < -0.4 is 5.32 Å². The zero-order valence-corrected chi connectivity index (χ0v) is 18.6. The zero-order chi connectivity index (χ0) is 23.9. The molecular weight excluding hydrogens is 422 g/mol. The van der Waals surface area contributed by atoms with Crippen LogP contribution in [0.5, 0.6) is 0 Å². The highest BCUT2D eigenvalue weighted by Gasteiger charge is 2.05. The Morgan fingerprint density at radius 3 is 1.81 bits per heavy atom. The molecule has 10 nitrogen and oxygen atoms in total. The van der Waals surface area contributed by atoms with E-state index < -0.39 is 5.97 Å². The molecule has 0 rings (SSSR count). The lowest BCUT2D eigenvalue weighted by Gasteiger charge is -2.07. The van der Waals surface area contributed by atoms with Gasteiger partial charge in [-0.3, -0.25) is 19.2 Å². The molecule has 182 valence electrons. The molecule has 0 unspecified atom stereocenters. The van der Waals surface area contributed by atoms with Crippen LogP contribution in [0, 0.1) is 12.5 Å². The summed E-state index contributed by atoms with van der Waals surface area (Å²) < 4.78 is 20.4. The third kappa shape index (κ3) is 22.2. The third-order valence-electron chi connectivity index (χ3n) is 4.08. The average molecular weight is 458 g/mol. The second kappa shape index (κ2) is 21.7. The van der Waals surface area contributed by atoms with Crippen LogP contribution in [0.15, 0.2) is 0 Å². The highest BCUT2D eigenvalue weighted by molar-refractivity contribution is 5.78. The Morgan fingerprint density at radius 2 is 1.22 bits per heavy atom. The molecule has 0 aliphatic heterocycles. The maximum Gasteiger partial charge on any atom is 0.305 e. The number of carbonyl (C=O) groups is 4. The molecule has 1 amide bonds. The number of ketones is 2. The first-order chi connectivity index (χ1) is 15.5. The topological polar surface area (TPSA) is 137 Å². The predicted octanol–water partition coefficient (Wildman–Crippen LogP) is 1.10. The molecular formula is C22H35NO9. The number of rotatable bonds is 23. The minimum absolute atomic E-state index is 0.0430. The van der Waals surface area contributed by atoms with Gasteiger partial charge in [-0.1, -0.05) is 6.42 Å². The van der Waals surface area contributed by atoms with Crippen LogP contribution in [0.1, 0.15) is 51.4 Å². The first-order valence-electron chi connectivity index (χ1n) is 10.8. The van der Waals surface area contributed by atoms with Crippen molar-refractivity contribution in [2.24, 2.45) is 0 Å². The summed E-state index contributed by atoms with van der Waals surface area (Å²) in [5, 5.41) is 11.2. The van der Waals surface area contributed by atoms with Gasteiger partial charge in [-0.05, 0) is 12.8 Å². The van der Waals surface area contributed by atoms with E-state index in [1.807, 2.05) is 6.11 Å². The number of Topliss-reactive ketones (excluding diaryl/α,β-unsaturated/α-hetero) is 2. The Bertz CT molecular complexity index is 586. The van der Waals surface area contributed by atoms with Crippen molar-refractivity contribution in [2.45, 2.75) is 51.4 Å². The number of ether oxygens (including phenoxy) is 4. The maximum atomic E-state index is 11.7. The number of carboxylic acid groups (broad SMARTS) is 1. The fourth-order valence-electron chi connectivity index (χ4n) is 2.38. The smallest absolute Gasteiger partial charge is 0.305 e. The molecule has 0 aliphatic carbocycles. The van der Waals surface area contributed by atoms with Gasteiger partial charge in [0.2, 0.25) is 5.91 Å². The van der Waals surface area contributed by atoms with Gasteiger partial charge in [0.1, 0.15) is 24.3 Å². The van der Waals surface area contributed by atoms with E-state index in [0.29, 0.717) is 52.0 Å². The van der Waals surface area contributed by atoms with Crippen molar-refractivity contribution in [3.8, 4) is 12.5 Å². The van der Waals surface area contributed by atoms with E-state index in [-0.39, 0.29) is 69.6 Å². The van der Waals surface area contributed by atoms with Crippen molar-refractivity contribution < 1.29 is 43.2 Å². The van der Waals surface area contributed by atoms with Gasteiger partial charge in [0.05, 0.1) is 32.8 Å². The van der Waals surface area contributed by atoms with E-state index in [0.717, 1.165) is 0 Å². The molecule has 32 heavy (non-hydrogen) atoms. The molecule has 0 aromatic heterocycles. The van der Waals surface area contributed by atoms with E-state index in [4.69, 9.17) is 25.7 Å². The van der Waals surface area contributed by atoms with E-state index >= 15 is 0 Å². The molecule has 0 spiro atoms. The SMILES string of the molecule is C#COCCC(=O)CCCOCCC(=O)NCCOCCC(=O)CCCOCCC(=O)O. The summed E-state index contributed by atoms with van der Waals surface area (Å²) in [6.45, 7) is 2.35. The highest BCUT2D eigenvalue weighted by Crippen LogP contribution is 1.98. The molecule has 0 saturated heterocycles. The van der Waals surface area contributed by atoms with Gasteiger partial charge < -0.3 is 29.4 Å². The standard InChI is InChI=1S/C22H35NO9/c1-2-29-14-7-19(24)5-3-12-30-16-9-21(26)23-11-18-32-15-8-20(25)6-4-13-31-17-10-22(27)28/h1H,3-18H2,(H,23,26)(H,27,28). The Hall–Kier alpha value is -2.48. The normalized spacial score (nSPS) is 10.3. The van der Waals surface area contributed by atoms with E-state index in [1.165, 1.54) is 0 Å². The molecule has 0 radical (unpaired) electrons. The summed E-state index contributed by atoms with van der Waals surface area (Å²) in [5.41, 5.74) is 0. The minimum atomic E-state index is -0.910. The molecule has 10 heteroatoms. The Labute approximate surface area is 189 Å². The monoisotopic (exact) mass is 457 g/mol. The molecule has 0 aromatic carbocycles. The number of hydrogen-bond donors (Lipinski definition) is 2. The van der Waals surface area contributed by atoms with Gasteiger partial charge in [0, 0.05) is 51.9 Å². The van der Waals surface area contributed by atoms with Crippen LogP contribution in [0.4, 0.5) is 0 Å². The first-order valence-corrected chi connectivity index (χ1v) is 10.8. The van der Waals surface area contributed by atoms with E-state index in [1.54, 1.807) is 0 Å². The van der Waals surface area contributed by atoms with Gasteiger partial charge >= 0.3 is 5.97 Å². The van der Waals surface area contributed by atoms with Crippen LogP contribution >= 0.6 is 0 Å². The van der Waals surface area contributed by atoms with Crippen molar-refractivity contribution in [3.05, 3.63) is 0 Å². The molecule has 0 aromatic rings. The van der Waals surface area contributed by atoms with Crippen LogP contribution in [-0.2, 0) is 38.1 Å². The summed E-state index contributed by atoms with van der Waals surface area (Å²) in [4.78, 5) is 45.1. The number of carbonyl (C=O) groups excluding carboxylic acids is 3. The van der Waals surface area contributed by atoms with Crippen LogP contribution in [-0.4, -0.2) is 81.3 Å². The summed E-state index contributed by atoms with van der Waals surface area (Å²) in [6.07, 6.45) is 9.56.